The second-order valence-electron chi connectivity index (χ2n) is 28.3. The van der Waals surface area contributed by atoms with Crippen molar-refractivity contribution in [1.82, 2.24) is 14.7 Å². The molecule has 0 radical (unpaired) electrons. The van der Waals surface area contributed by atoms with E-state index in [-0.39, 0.29) is 17.7 Å². The predicted molar refractivity (Wildman–Crippen MR) is 408 cm³/mol. The molecule has 3 aliphatic heterocycles. The van der Waals surface area contributed by atoms with Gasteiger partial charge < -0.3 is 89.2 Å². The number of nitrogens with zero attached hydrogens (tertiary/aromatic N) is 6. The van der Waals surface area contributed by atoms with Crippen molar-refractivity contribution in [1.29, 1.82) is 0 Å². The molecule has 109 heavy (non-hydrogen) atoms. The molecule has 3 fully saturated rings. The summed E-state index contributed by atoms with van der Waals surface area (Å²) >= 11 is 0. The molecule has 0 bridgehead atoms. The Kier molecular flexibility index (Phi) is 21.5. The van der Waals surface area contributed by atoms with Gasteiger partial charge in [0.15, 0.2) is 16.8 Å². The number of aliphatic hydroxyl groups excluding tert-OH is 4. The number of methoxy groups -OCH3 is 6. The number of aliphatic hydroxyl groups is 4. The lowest BCUT2D eigenvalue weighted by Crippen LogP contribution is -2.58. The van der Waals surface area contributed by atoms with Gasteiger partial charge in [0.05, 0.1) is 78.7 Å². The molecule has 0 unspecified atom stereocenters. The average Bonchev–Trinajstić information content (AvgIpc) is 1.51. The number of azide groups is 1. The van der Waals surface area contributed by atoms with Crippen LogP contribution in [0.2, 0.25) is 0 Å². The van der Waals surface area contributed by atoms with Crippen LogP contribution in [0.4, 0.5) is 0 Å². The molecule has 0 saturated heterocycles. The summed E-state index contributed by atoms with van der Waals surface area (Å²) < 4.78 is 53.0. The lowest BCUT2D eigenvalue weighted by Gasteiger charge is -2.41. The molecule has 3 amide bonds. The quantitative estimate of drug-likeness (QED) is 0.0297. The zero-order chi connectivity index (χ0) is 78.3. The van der Waals surface area contributed by atoms with E-state index in [0.29, 0.717) is 74.0 Å². The fraction of sp³-hybridized carbons (Fsp3) is 0.329. The van der Waals surface area contributed by atoms with Crippen LogP contribution in [0.3, 0.4) is 0 Å². The standard InChI is InChI=1S/C28H28N4O5.2C28H30N2O5.CH4O/c1-32(2)26(34)23-24(17-8-6-5-7-9-17)28(18-10-12-19(35-3)13-11-18)27(25(23)33,30-31-29)21-15-14-20(36-4)16-22(21)37-28;2*1-30(2)26(32)23-24(17-8-6-5-7-9-17)28(18-10-12-19(33-3)13-11-18)27(29,25(23)31)21-15-14-20(34-4)16-22(21)35-28;1-2/h5-16,23-25,33H,1-4H3;2*5-16,23-25,31H,29H2,1-4H3;2H,1H3/t3*23-,24-,25-,27+,28+;/m111./s1. The van der Waals surface area contributed by atoms with Gasteiger partial charge in [-0.3, -0.25) is 14.4 Å². The Labute approximate surface area is 633 Å². The van der Waals surface area contributed by atoms with E-state index in [9.17, 15) is 35.2 Å². The number of carbonyl (C=O) groups excluding carboxylic acids is 3. The molecule has 0 spiro atoms. The number of amides is 3. The normalized spacial score (nSPS) is 27.7. The highest BCUT2D eigenvalue weighted by atomic mass is 16.5. The van der Waals surface area contributed by atoms with Crippen molar-refractivity contribution >= 4 is 17.7 Å². The molecule has 9 aromatic rings. The van der Waals surface area contributed by atoms with Gasteiger partial charge in [-0.2, -0.15) is 0 Å². The molecule has 15 rings (SSSR count). The van der Waals surface area contributed by atoms with Gasteiger partial charge in [-0.15, -0.1) is 0 Å². The van der Waals surface area contributed by atoms with E-state index in [4.69, 9.17) is 59.2 Å². The highest BCUT2D eigenvalue weighted by Crippen LogP contribution is 2.73. The minimum Gasteiger partial charge on any atom is -0.497 e. The Morgan fingerprint density at radius 3 is 0.936 bits per heavy atom. The van der Waals surface area contributed by atoms with Crippen molar-refractivity contribution in [2.45, 2.75) is 69.5 Å². The summed E-state index contributed by atoms with van der Waals surface area (Å²) in [5.41, 5.74) is 22.4. The molecule has 8 N–H and O–H groups in total. The first-order valence-electron chi connectivity index (χ1n) is 35.4. The zero-order valence-corrected chi connectivity index (χ0v) is 63.0. The van der Waals surface area contributed by atoms with Gasteiger partial charge in [-0.05, 0) is 106 Å². The predicted octanol–water partition coefficient (Wildman–Crippen LogP) is 9.99. The number of carbonyl (C=O) groups is 3. The summed E-state index contributed by atoms with van der Waals surface area (Å²) in [5.74, 6) is -0.00139. The number of rotatable bonds is 16. The highest BCUT2D eigenvalue weighted by Gasteiger charge is 2.80. The van der Waals surface area contributed by atoms with Gasteiger partial charge in [-0.25, -0.2) is 0 Å². The van der Waals surface area contributed by atoms with Crippen LogP contribution >= 0.6 is 0 Å². The van der Waals surface area contributed by atoms with Gasteiger partial charge in [0, 0.05) is 107 Å². The molecule has 15 atom stereocenters. The summed E-state index contributed by atoms with van der Waals surface area (Å²) in [4.78, 5) is 48.6. The summed E-state index contributed by atoms with van der Waals surface area (Å²) in [6.07, 6.45) is -3.85. The maximum atomic E-state index is 13.7. The maximum Gasteiger partial charge on any atom is 0.228 e. The molecule has 6 aliphatic rings. The summed E-state index contributed by atoms with van der Waals surface area (Å²) in [6, 6.07) is 66.9. The van der Waals surface area contributed by atoms with Crippen molar-refractivity contribution in [2.75, 3.05) is 92.1 Å². The van der Waals surface area contributed by atoms with Gasteiger partial charge in [0.2, 0.25) is 17.7 Å². The second kappa shape index (κ2) is 30.4. The van der Waals surface area contributed by atoms with Crippen molar-refractivity contribution in [2.24, 2.45) is 34.3 Å². The SMILES string of the molecule is CO.COc1ccc([C@@]23Oc4cc(OC)ccc4[C@]2(N)[C@H](O)[C@H](C(=O)N(C)C)[C@H]3c2ccccc2)cc1.COc1ccc([C@@]23Oc4cc(OC)ccc4[C@]2(N)[C@H](O)[C@H](C(=O)N(C)C)[C@H]3c2ccccc2)cc1.COc1ccc([C@@]23Oc4cc(OC)ccc4[C@]2(N=[N+]=[N-])[C@H](O)[C@H](C(=O)N(C)C)[C@H]3c2ccccc2)cc1. The second-order valence-corrected chi connectivity index (χ2v) is 28.3. The lowest BCUT2D eigenvalue weighted by molar-refractivity contribution is -0.138. The molecule has 3 saturated carbocycles. The topological polar surface area (TPSA) is 326 Å². The van der Waals surface area contributed by atoms with E-state index in [1.165, 1.54) is 14.7 Å². The Morgan fingerprint density at radius 1 is 0.385 bits per heavy atom. The summed E-state index contributed by atoms with van der Waals surface area (Å²) in [7, 11) is 20.5. The van der Waals surface area contributed by atoms with Crippen LogP contribution in [0.15, 0.2) is 224 Å². The molecule has 3 heterocycles. The molecule has 568 valence electrons. The first-order valence-corrected chi connectivity index (χ1v) is 35.4. The maximum absolute atomic E-state index is 13.7. The molecular formula is C85H92N8O16. The Hall–Kier alpha value is -11.3. The molecule has 24 heteroatoms. The number of nitrogens with two attached hydrogens (primary N) is 2. The third kappa shape index (κ3) is 11.7. The minimum absolute atomic E-state index is 0.211. The Balaban J connectivity index is 0.000000151. The van der Waals surface area contributed by atoms with Crippen molar-refractivity contribution in [3.8, 4) is 51.7 Å². The summed E-state index contributed by atoms with van der Waals surface area (Å²) in [5, 5.41) is 47.4. The lowest BCUT2D eigenvalue weighted by atomic mass is 9.69. The van der Waals surface area contributed by atoms with Crippen LogP contribution in [-0.4, -0.2) is 163 Å². The van der Waals surface area contributed by atoms with Crippen LogP contribution in [-0.2, 0) is 47.8 Å². The van der Waals surface area contributed by atoms with Crippen molar-refractivity contribution < 1.29 is 77.4 Å². The van der Waals surface area contributed by atoms with Crippen LogP contribution in [0.1, 0.15) is 67.8 Å². The van der Waals surface area contributed by atoms with E-state index >= 15 is 0 Å². The highest BCUT2D eigenvalue weighted by molar-refractivity contribution is 5.85. The monoisotopic (exact) mass is 1480 g/mol. The molecular weight excluding hydrogens is 1390 g/mol. The van der Waals surface area contributed by atoms with E-state index in [1.807, 2.05) is 164 Å². The minimum atomic E-state index is -1.66. The number of fused-ring (bicyclic) bond motifs is 9. The van der Waals surface area contributed by atoms with E-state index < -0.39 is 87.2 Å². The average molecular weight is 1480 g/mol. The van der Waals surface area contributed by atoms with E-state index in [2.05, 4.69) is 10.0 Å². The first-order chi connectivity index (χ1) is 52.4. The van der Waals surface area contributed by atoms with Gasteiger partial charge in [0.25, 0.3) is 0 Å². The van der Waals surface area contributed by atoms with Gasteiger partial charge >= 0.3 is 0 Å². The number of hydrogen-bond donors (Lipinski definition) is 6. The fourth-order valence-electron chi connectivity index (χ4n) is 17.9. The fourth-order valence-corrected chi connectivity index (χ4v) is 17.9. The van der Waals surface area contributed by atoms with Crippen molar-refractivity contribution in [3.63, 3.8) is 0 Å². The van der Waals surface area contributed by atoms with Gasteiger partial charge in [-0.1, -0.05) is 139 Å². The molecule has 3 aliphatic carbocycles. The van der Waals surface area contributed by atoms with Crippen LogP contribution in [0, 0.1) is 17.8 Å². The number of benzene rings is 9. The number of ether oxygens (including phenoxy) is 9. The third-order valence-corrected chi connectivity index (χ3v) is 22.7. The van der Waals surface area contributed by atoms with Crippen LogP contribution < -0.4 is 54.1 Å². The molecule has 9 aromatic carbocycles. The van der Waals surface area contributed by atoms with Gasteiger partial charge in [0.1, 0.15) is 68.4 Å². The number of hydrogen-bond acceptors (Lipinski definition) is 19. The smallest absolute Gasteiger partial charge is 0.228 e. The first kappa shape index (κ1) is 77.3. The van der Waals surface area contributed by atoms with Crippen molar-refractivity contribution in [3.05, 3.63) is 279 Å². The van der Waals surface area contributed by atoms with E-state index in [0.717, 1.165) is 34.9 Å². The zero-order valence-electron chi connectivity index (χ0n) is 63.0. The largest absolute Gasteiger partial charge is 0.497 e. The van der Waals surface area contributed by atoms with Crippen LogP contribution in [0.5, 0.6) is 51.7 Å². The molecule has 0 aromatic heterocycles. The van der Waals surface area contributed by atoms with E-state index in [1.54, 1.807) is 140 Å². The Morgan fingerprint density at radius 2 is 0.642 bits per heavy atom. The summed E-state index contributed by atoms with van der Waals surface area (Å²) in [6.45, 7) is 0. The molecule has 24 nitrogen and oxygen atoms in total. The van der Waals surface area contributed by atoms with Crippen LogP contribution in [0.25, 0.3) is 10.4 Å². The third-order valence-electron chi connectivity index (χ3n) is 22.7. The Bertz CT molecular complexity index is 4630.